The number of benzene rings is 1. The molecule has 17 heavy (non-hydrogen) atoms. The number of hydrogen-bond acceptors (Lipinski definition) is 3. The zero-order valence-electron chi connectivity index (χ0n) is 10.8. The number of anilines is 1. The van der Waals surface area contributed by atoms with Crippen LogP contribution in [0.4, 0.5) is 5.69 Å². The summed E-state index contributed by atoms with van der Waals surface area (Å²) < 4.78 is 0. The van der Waals surface area contributed by atoms with Crippen molar-refractivity contribution in [3.05, 3.63) is 18.2 Å². The first-order valence-electron chi connectivity index (χ1n) is 6.46. The minimum Gasteiger partial charge on any atom is -0.504 e. The van der Waals surface area contributed by atoms with Gasteiger partial charge in [0, 0.05) is 24.8 Å². The topological polar surface area (TPSA) is 43.7 Å². The molecule has 0 saturated heterocycles. The molecule has 96 valence electrons. The molecule has 1 aromatic carbocycles. The molecule has 0 aromatic heterocycles. The van der Waals surface area contributed by atoms with Crippen molar-refractivity contribution >= 4 is 5.69 Å². The number of hydrogen-bond donors (Lipinski definition) is 2. The van der Waals surface area contributed by atoms with Crippen molar-refractivity contribution in [2.75, 3.05) is 18.0 Å². The Kier molecular flexibility index (Phi) is 5.67. The Balaban J connectivity index is 2.75. The Morgan fingerprint density at radius 3 is 2.00 bits per heavy atom. The second-order valence-electron chi connectivity index (χ2n) is 4.37. The van der Waals surface area contributed by atoms with E-state index in [-0.39, 0.29) is 11.5 Å². The summed E-state index contributed by atoms with van der Waals surface area (Å²) in [5.41, 5.74) is 0.988. The highest BCUT2D eigenvalue weighted by molar-refractivity contribution is 5.55. The second-order valence-corrected chi connectivity index (χ2v) is 4.37. The van der Waals surface area contributed by atoms with Crippen molar-refractivity contribution in [2.24, 2.45) is 0 Å². The molecule has 3 heteroatoms. The zero-order valence-corrected chi connectivity index (χ0v) is 10.8. The van der Waals surface area contributed by atoms with E-state index in [0.717, 1.165) is 44.5 Å². The molecule has 0 aliphatic carbocycles. The maximum absolute atomic E-state index is 9.52. The molecule has 0 atom stereocenters. The number of phenols is 2. The molecular weight excluding hydrogens is 214 g/mol. The van der Waals surface area contributed by atoms with Crippen LogP contribution in [0.1, 0.15) is 39.5 Å². The zero-order chi connectivity index (χ0) is 12.7. The summed E-state index contributed by atoms with van der Waals surface area (Å²) in [6, 6.07) is 5.05. The lowest BCUT2D eigenvalue weighted by Gasteiger charge is -2.24. The van der Waals surface area contributed by atoms with Crippen LogP contribution in [0.3, 0.4) is 0 Å². The monoisotopic (exact) mass is 237 g/mol. The van der Waals surface area contributed by atoms with Gasteiger partial charge >= 0.3 is 0 Å². The molecule has 0 radical (unpaired) electrons. The summed E-state index contributed by atoms with van der Waals surface area (Å²) in [5.74, 6) is -0.0971. The van der Waals surface area contributed by atoms with Crippen molar-refractivity contribution in [1.82, 2.24) is 0 Å². The van der Waals surface area contributed by atoms with Crippen molar-refractivity contribution in [3.63, 3.8) is 0 Å². The highest BCUT2D eigenvalue weighted by atomic mass is 16.3. The van der Waals surface area contributed by atoms with E-state index < -0.39 is 0 Å². The molecule has 0 aliphatic heterocycles. The van der Waals surface area contributed by atoms with Crippen LogP contribution in [-0.2, 0) is 0 Å². The Bertz CT molecular complexity index is 331. The van der Waals surface area contributed by atoms with E-state index in [4.69, 9.17) is 0 Å². The third kappa shape index (κ3) is 4.17. The van der Waals surface area contributed by atoms with Crippen LogP contribution in [0.2, 0.25) is 0 Å². The molecule has 0 fully saturated rings. The standard InChI is InChI=1S/C14H23NO2/c1-3-5-9-15(10-6-4-2)12-7-8-13(16)14(17)11-12/h7-8,11,16-17H,3-6,9-10H2,1-2H3. The SMILES string of the molecule is CCCCN(CCCC)c1ccc(O)c(O)c1. The lowest BCUT2D eigenvalue weighted by Crippen LogP contribution is -2.25. The lowest BCUT2D eigenvalue weighted by molar-refractivity contribution is 0.403. The third-order valence-electron chi connectivity index (χ3n) is 2.89. The van der Waals surface area contributed by atoms with Gasteiger partial charge < -0.3 is 15.1 Å². The van der Waals surface area contributed by atoms with E-state index in [2.05, 4.69) is 18.7 Å². The number of rotatable bonds is 7. The number of phenolic OH excluding ortho intramolecular Hbond substituents is 2. The minimum atomic E-state index is -0.0558. The Labute approximate surface area is 104 Å². The molecule has 0 amide bonds. The predicted octanol–water partition coefficient (Wildman–Crippen LogP) is 3.50. The molecule has 0 spiro atoms. The quantitative estimate of drug-likeness (QED) is 0.713. The Hall–Kier alpha value is -1.38. The summed E-state index contributed by atoms with van der Waals surface area (Å²) in [5, 5.41) is 18.8. The number of nitrogens with zero attached hydrogens (tertiary/aromatic N) is 1. The first-order valence-corrected chi connectivity index (χ1v) is 6.46. The van der Waals surface area contributed by atoms with Crippen LogP contribution >= 0.6 is 0 Å². The fourth-order valence-electron chi connectivity index (χ4n) is 1.78. The molecule has 3 nitrogen and oxygen atoms in total. The van der Waals surface area contributed by atoms with Crippen LogP contribution in [0, 0.1) is 0 Å². The maximum Gasteiger partial charge on any atom is 0.159 e. The van der Waals surface area contributed by atoms with Crippen LogP contribution in [0.15, 0.2) is 18.2 Å². The highest BCUT2D eigenvalue weighted by Crippen LogP contribution is 2.29. The largest absolute Gasteiger partial charge is 0.504 e. The maximum atomic E-state index is 9.52. The van der Waals surface area contributed by atoms with Crippen molar-refractivity contribution in [3.8, 4) is 11.5 Å². The average molecular weight is 237 g/mol. The van der Waals surface area contributed by atoms with Gasteiger partial charge in [0.15, 0.2) is 11.5 Å². The van der Waals surface area contributed by atoms with E-state index >= 15 is 0 Å². The van der Waals surface area contributed by atoms with E-state index in [9.17, 15) is 10.2 Å². The van der Waals surface area contributed by atoms with E-state index in [1.54, 1.807) is 12.1 Å². The van der Waals surface area contributed by atoms with Gasteiger partial charge in [0.1, 0.15) is 0 Å². The molecule has 0 heterocycles. The van der Waals surface area contributed by atoms with Gasteiger partial charge in [-0.3, -0.25) is 0 Å². The molecular formula is C14H23NO2. The van der Waals surface area contributed by atoms with Gasteiger partial charge in [0.05, 0.1) is 0 Å². The first-order chi connectivity index (χ1) is 8.19. The van der Waals surface area contributed by atoms with Gasteiger partial charge in [-0.1, -0.05) is 26.7 Å². The summed E-state index contributed by atoms with van der Waals surface area (Å²) >= 11 is 0. The number of unbranched alkanes of at least 4 members (excludes halogenated alkanes) is 2. The fraction of sp³-hybridized carbons (Fsp3) is 0.571. The molecule has 0 saturated carbocycles. The smallest absolute Gasteiger partial charge is 0.159 e. The summed E-state index contributed by atoms with van der Waals surface area (Å²) in [7, 11) is 0. The summed E-state index contributed by atoms with van der Waals surface area (Å²) in [4.78, 5) is 2.27. The van der Waals surface area contributed by atoms with Crippen LogP contribution in [-0.4, -0.2) is 23.3 Å². The molecule has 0 unspecified atom stereocenters. The third-order valence-corrected chi connectivity index (χ3v) is 2.89. The fourth-order valence-corrected chi connectivity index (χ4v) is 1.78. The molecule has 1 aromatic rings. The second kappa shape index (κ2) is 7.05. The first kappa shape index (κ1) is 13.7. The summed E-state index contributed by atoms with van der Waals surface area (Å²) in [6.07, 6.45) is 4.61. The van der Waals surface area contributed by atoms with Crippen LogP contribution in [0.25, 0.3) is 0 Å². The average Bonchev–Trinajstić information content (AvgIpc) is 2.33. The molecule has 1 rings (SSSR count). The van der Waals surface area contributed by atoms with E-state index in [1.165, 1.54) is 0 Å². The van der Waals surface area contributed by atoms with E-state index in [0.29, 0.717) is 0 Å². The lowest BCUT2D eigenvalue weighted by atomic mass is 10.2. The van der Waals surface area contributed by atoms with Gasteiger partial charge in [-0.15, -0.1) is 0 Å². The van der Waals surface area contributed by atoms with Gasteiger partial charge in [-0.25, -0.2) is 0 Å². The van der Waals surface area contributed by atoms with Crippen LogP contribution < -0.4 is 4.90 Å². The molecule has 0 aliphatic rings. The Morgan fingerprint density at radius 2 is 1.53 bits per heavy atom. The predicted molar refractivity (Wildman–Crippen MR) is 71.8 cm³/mol. The Morgan fingerprint density at radius 1 is 0.941 bits per heavy atom. The van der Waals surface area contributed by atoms with Crippen molar-refractivity contribution in [2.45, 2.75) is 39.5 Å². The highest BCUT2D eigenvalue weighted by Gasteiger charge is 2.08. The molecule has 2 N–H and O–H groups in total. The van der Waals surface area contributed by atoms with Gasteiger partial charge in [0.25, 0.3) is 0 Å². The molecule has 0 bridgehead atoms. The van der Waals surface area contributed by atoms with Gasteiger partial charge in [-0.05, 0) is 25.0 Å². The minimum absolute atomic E-state index is 0.0412. The van der Waals surface area contributed by atoms with Crippen LogP contribution in [0.5, 0.6) is 11.5 Å². The van der Waals surface area contributed by atoms with Gasteiger partial charge in [0.2, 0.25) is 0 Å². The number of aromatic hydroxyl groups is 2. The summed E-state index contributed by atoms with van der Waals surface area (Å²) in [6.45, 7) is 6.35. The van der Waals surface area contributed by atoms with Crippen molar-refractivity contribution in [1.29, 1.82) is 0 Å². The van der Waals surface area contributed by atoms with Gasteiger partial charge in [-0.2, -0.15) is 0 Å². The normalized spacial score (nSPS) is 10.5. The van der Waals surface area contributed by atoms with Crippen molar-refractivity contribution < 1.29 is 10.2 Å². The van der Waals surface area contributed by atoms with E-state index in [1.807, 2.05) is 6.07 Å².